The van der Waals surface area contributed by atoms with Crippen LogP contribution >= 0.6 is 0 Å². The molecule has 6 nitrogen and oxygen atoms in total. The molecule has 1 rings (SSSR count). The van der Waals surface area contributed by atoms with Gasteiger partial charge in [-0.15, -0.1) is 0 Å². The van der Waals surface area contributed by atoms with Gasteiger partial charge in [0.25, 0.3) is 0 Å². The number of amides is 1. The van der Waals surface area contributed by atoms with E-state index in [9.17, 15) is 9.59 Å². The molecule has 1 N–H and O–H groups in total. The SMILES string of the molecule is COC(=O)C(CNC(=O)OC(C)(C)C)c1ccc(CO[Si](C)(C)C(C)(C)C)cc1. The average molecular weight is 424 g/mol. The number of carbonyl (C=O) groups excluding carboxylic acids is 2. The molecule has 0 aliphatic carbocycles. The Bertz CT molecular complexity index is 687. The molecule has 0 aliphatic rings. The fourth-order valence-corrected chi connectivity index (χ4v) is 3.27. The Morgan fingerprint density at radius 3 is 2.03 bits per heavy atom. The van der Waals surface area contributed by atoms with Crippen LogP contribution in [0.4, 0.5) is 4.79 Å². The molecule has 0 spiro atoms. The van der Waals surface area contributed by atoms with Gasteiger partial charge in [0.15, 0.2) is 8.32 Å². The predicted octanol–water partition coefficient (Wildman–Crippen LogP) is 4.99. The third-order valence-electron chi connectivity index (χ3n) is 5.12. The van der Waals surface area contributed by atoms with Crippen molar-refractivity contribution in [3.8, 4) is 0 Å². The van der Waals surface area contributed by atoms with Gasteiger partial charge in [-0.1, -0.05) is 45.0 Å². The zero-order valence-corrected chi connectivity index (χ0v) is 20.3. The van der Waals surface area contributed by atoms with E-state index in [1.807, 2.05) is 24.3 Å². The number of hydrogen-bond acceptors (Lipinski definition) is 5. The normalized spacial score (nSPS) is 13.6. The standard InChI is InChI=1S/C22H37NO5Si/c1-21(2,3)28-20(25)23-14-18(19(24)26-7)17-12-10-16(11-13-17)15-27-29(8,9)22(4,5)6/h10-13,18H,14-15H2,1-9H3,(H,23,25). The molecular formula is C22H37NO5Si. The van der Waals surface area contributed by atoms with Crippen LogP contribution in [0.5, 0.6) is 0 Å². The Morgan fingerprint density at radius 1 is 1.03 bits per heavy atom. The molecule has 0 aliphatic heterocycles. The van der Waals surface area contributed by atoms with Gasteiger partial charge in [0.1, 0.15) is 5.60 Å². The number of nitrogens with one attached hydrogen (secondary N) is 1. The Balaban J connectivity index is 2.81. The van der Waals surface area contributed by atoms with Crippen LogP contribution in [-0.4, -0.2) is 39.6 Å². The molecule has 7 heteroatoms. The number of rotatable bonds is 7. The lowest BCUT2D eigenvalue weighted by Gasteiger charge is -2.36. The van der Waals surface area contributed by atoms with E-state index >= 15 is 0 Å². The fourth-order valence-electron chi connectivity index (χ4n) is 2.31. The van der Waals surface area contributed by atoms with Crippen molar-refractivity contribution in [3.05, 3.63) is 35.4 Å². The Kier molecular flexibility index (Phi) is 8.47. The minimum absolute atomic E-state index is 0.0986. The molecule has 1 unspecified atom stereocenters. The topological polar surface area (TPSA) is 73.9 Å². The Hall–Kier alpha value is -1.86. The summed E-state index contributed by atoms with van der Waals surface area (Å²) in [7, 11) is -0.490. The van der Waals surface area contributed by atoms with E-state index in [0.29, 0.717) is 6.61 Å². The van der Waals surface area contributed by atoms with Crippen LogP contribution in [-0.2, 0) is 25.3 Å². The fraction of sp³-hybridized carbons (Fsp3) is 0.636. The summed E-state index contributed by atoms with van der Waals surface area (Å²) in [5.74, 6) is -1.02. The number of alkyl carbamates (subject to hydrolysis) is 1. The summed E-state index contributed by atoms with van der Waals surface area (Å²) in [6, 6.07) is 7.66. The first-order chi connectivity index (χ1) is 13.2. The summed E-state index contributed by atoms with van der Waals surface area (Å²) < 4.78 is 16.4. The average Bonchev–Trinajstić information content (AvgIpc) is 2.58. The molecule has 29 heavy (non-hydrogen) atoms. The number of methoxy groups -OCH3 is 1. The van der Waals surface area contributed by atoms with E-state index in [0.717, 1.165) is 11.1 Å². The minimum atomic E-state index is -1.83. The number of hydrogen-bond donors (Lipinski definition) is 1. The quantitative estimate of drug-likeness (QED) is 0.494. The van der Waals surface area contributed by atoms with Crippen molar-refractivity contribution in [2.24, 2.45) is 0 Å². The predicted molar refractivity (Wildman–Crippen MR) is 117 cm³/mol. The highest BCUT2D eigenvalue weighted by atomic mass is 28.4. The van der Waals surface area contributed by atoms with Gasteiger partial charge in [-0.05, 0) is 50.0 Å². The van der Waals surface area contributed by atoms with Gasteiger partial charge >= 0.3 is 12.1 Å². The molecule has 0 saturated heterocycles. The van der Waals surface area contributed by atoms with Crippen molar-refractivity contribution in [3.63, 3.8) is 0 Å². The maximum atomic E-state index is 12.2. The summed E-state index contributed by atoms with van der Waals surface area (Å²) in [5.41, 5.74) is 1.21. The van der Waals surface area contributed by atoms with E-state index in [-0.39, 0.29) is 11.6 Å². The van der Waals surface area contributed by atoms with Gasteiger partial charge in [0.2, 0.25) is 0 Å². The minimum Gasteiger partial charge on any atom is -0.468 e. The second-order valence-corrected chi connectivity index (χ2v) is 14.6. The molecule has 0 saturated carbocycles. The number of carbonyl (C=O) groups is 2. The first kappa shape index (κ1) is 25.2. The summed E-state index contributed by atoms with van der Waals surface area (Å²) in [4.78, 5) is 24.2. The second-order valence-electron chi connectivity index (χ2n) is 9.75. The van der Waals surface area contributed by atoms with E-state index in [4.69, 9.17) is 13.9 Å². The van der Waals surface area contributed by atoms with E-state index in [1.165, 1.54) is 7.11 Å². The maximum Gasteiger partial charge on any atom is 0.407 e. The van der Waals surface area contributed by atoms with Crippen molar-refractivity contribution in [2.75, 3.05) is 13.7 Å². The molecule has 1 aromatic rings. The lowest BCUT2D eigenvalue weighted by Crippen LogP contribution is -2.40. The molecule has 1 atom stereocenters. The molecule has 0 heterocycles. The molecular weight excluding hydrogens is 386 g/mol. The van der Waals surface area contributed by atoms with Crippen molar-refractivity contribution < 1.29 is 23.5 Å². The summed E-state index contributed by atoms with van der Waals surface area (Å²) in [5, 5.41) is 2.80. The highest BCUT2D eigenvalue weighted by Gasteiger charge is 2.37. The number of benzene rings is 1. The first-order valence-electron chi connectivity index (χ1n) is 9.94. The van der Waals surface area contributed by atoms with Gasteiger partial charge < -0.3 is 19.2 Å². The number of esters is 1. The van der Waals surface area contributed by atoms with Crippen LogP contribution in [0.25, 0.3) is 0 Å². The highest BCUT2D eigenvalue weighted by Crippen LogP contribution is 2.37. The van der Waals surface area contributed by atoms with Gasteiger partial charge in [-0.2, -0.15) is 0 Å². The third-order valence-corrected chi connectivity index (χ3v) is 9.60. The zero-order valence-electron chi connectivity index (χ0n) is 19.3. The van der Waals surface area contributed by atoms with Crippen LogP contribution in [0.15, 0.2) is 24.3 Å². The molecule has 0 fully saturated rings. The molecule has 0 bridgehead atoms. The van der Waals surface area contributed by atoms with Gasteiger partial charge in [0, 0.05) is 6.54 Å². The first-order valence-corrected chi connectivity index (χ1v) is 12.8. The van der Waals surface area contributed by atoms with E-state index < -0.39 is 31.9 Å². The highest BCUT2D eigenvalue weighted by molar-refractivity contribution is 6.74. The van der Waals surface area contributed by atoms with Crippen LogP contribution in [0, 0.1) is 0 Å². The maximum absolute atomic E-state index is 12.2. The van der Waals surface area contributed by atoms with Crippen molar-refractivity contribution in [1.29, 1.82) is 0 Å². The monoisotopic (exact) mass is 423 g/mol. The van der Waals surface area contributed by atoms with Crippen molar-refractivity contribution in [2.45, 2.75) is 77.8 Å². The Labute approximate surface area is 176 Å². The van der Waals surface area contributed by atoms with Crippen molar-refractivity contribution >= 4 is 20.4 Å². The third kappa shape index (κ3) is 8.18. The zero-order chi connectivity index (χ0) is 22.5. The van der Waals surface area contributed by atoms with Crippen molar-refractivity contribution in [1.82, 2.24) is 5.32 Å². The molecule has 164 valence electrons. The smallest absolute Gasteiger partial charge is 0.407 e. The molecule has 0 radical (unpaired) electrons. The largest absolute Gasteiger partial charge is 0.468 e. The van der Waals surface area contributed by atoms with E-state index in [1.54, 1.807) is 20.8 Å². The lowest BCUT2D eigenvalue weighted by molar-refractivity contribution is -0.142. The molecule has 1 aromatic carbocycles. The van der Waals surface area contributed by atoms with Gasteiger partial charge in [-0.25, -0.2) is 4.79 Å². The summed E-state index contributed by atoms with van der Waals surface area (Å²) in [6.07, 6.45) is -0.564. The number of ether oxygens (including phenoxy) is 2. The Morgan fingerprint density at radius 2 is 1.59 bits per heavy atom. The molecule has 1 amide bonds. The van der Waals surface area contributed by atoms with Crippen LogP contribution in [0.2, 0.25) is 18.1 Å². The summed E-state index contributed by atoms with van der Waals surface area (Å²) in [6.45, 7) is 17.1. The lowest BCUT2D eigenvalue weighted by atomic mass is 9.98. The van der Waals surface area contributed by atoms with Gasteiger partial charge in [0.05, 0.1) is 19.6 Å². The second kappa shape index (κ2) is 9.76. The summed E-state index contributed by atoms with van der Waals surface area (Å²) >= 11 is 0. The van der Waals surface area contributed by atoms with Crippen LogP contribution in [0.3, 0.4) is 0 Å². The van der Waals surface area contributed by atoms with E-state index in [2.05, 4.69) is 39.2 Å². The van der Waals surface area contributed by atoms with Crippen LogP contribution in [0.1, 0.15) is 58.6 Å². The molecule has 0 aromatic heterocycles. The van der Waals surface area contributed by atoms with Gasteiger partial charge in [-0.3, -0.25) is 4.79 Å². The van der Waals surface area contributed by atoms with Crippen LogP contribution < -0.4 is 5.32 Å².